The molecule has 3 aromatic rings. The van der Waals surface area contributed by atoms with Crippen LogP contribution in [0.3, 0.4) is 0 Å². The standard InChI is InChI=1S/C20H18F2N2O3S2/c1-2-24(29(26,27)17-6-4-3-5-7-17)18-8-9-28-19(18)20(25)23-13-14-10-15(21)12-16(22)11-14/h3-12H,2,13H2,1H3,(H,23,25). The van der Waals surface area contributed by atoms with Crippen molar-refractivity contribution in [2.45, 2.75) is 18.4 Å². The molecule has 0 saturated heterocycles. The number of anilines is 1. The van der Waals surface area contributed by atoms with E-state index in [1.54, 1.807) is 36.6 Å². The highest BCUT2D eigenvalue weighted by atomic mass is 32.2. The monoisotopic (exact) mass is 436 g/mol. The SMILES string of the molecule is CCN(c1ccsc1C(=O)NCc1cc(F)cc(F)c1)S(=O)(=O)c1ccccc1. The zero-order chi connectivity index (χ0) is 21.0. The number of sulfonamides is 1. The normalized spacial score (nSPS) is 11.3. The Morgan fingerprint density at radius 3 is 2.34 bits per heavy atom. The molecule has 0 unspecified atom stereocenters. The van der Waals surface area contributed by atoms with Gasteiger partial charge in [-0.1, -0.05) is 18.2 Å². The van der Waals surface area contributed by atoms with Crippen LogP contribution < -0.4 is 9.62 Å². The molecule has 29 heavy (non-hydrogen) atoms. The number of thiophene rings is 1. The van der Waals surface area contributed by atoms with E-state index in [0.717, 1.165) is 33.8 Å². The summed E-state index contributed by atoms with van der Waals surface area (Å²) in [4.78, 5) is 13.0. The fourth-order valence-electron chi connectivity index (χ4n) is 2.83. The highest BCUT2D eigenvalue weighted by Crippen LogP contribution is 2.31. The van der Waals surface area contributed by atoms with E-state index in [1.807, 2.05) is 0 Å². The summed E-state index contributed by atoms with van der Waals surface area (Å²) in [5.74, 6) is -2.00. The van der Waals surface area contributed by atoms with Crippen molar-refractivity contribution in [3.8, 4) is 0 Å². The van der Waals surface area contributed by atoms with E-state index in [2.05, 4.69) is 5.32 Å². The summed E-state index contributed by atoms with van der Waals surface area (Å²) in [6.07, 6.45) is 0. The smallest absolute Gasteiger partial charge is 0.264 e. The average molecular weight is 437 g/mol. The first-order chi connectivity index (χ1) is 13.8. The van der Waals surface area contributed by atoms with Crippen molar-refractivity contribution in [1.82, 2.24) is 5.32 Å². The van der Waals surface area contributed by atoms with Gasteiger partial charge in [-0.25, -0.2) is 17.2 Å². The van der Waals surface area contributed by atoms with Crippen LogP contribution in [0.25, 0.3) is 0 Å². The maximum Gasteiger partial charge on any atom is 0.264 e. The Labute approximate surface area is 171 Å². The predicted molar refractivity (Wildman–Crippen MR) is 108 cm³/mol. The van der Waals surface area contributed by atoms with Crippen molar-refractivity contribution in [3.63, 3.8) is 0 Å². The fraction of sp³-hybridized carbons (Fsp3) is 0.150. The minimum atomic E-state index is -3.85. The van der Waals surface area contributed by atoms with Crippen LogP contribution >= 0.6 is 11.3 Å². The molecule has 5 nitrogen and oxygen atoms in total. The number of hydrogen-bond acceptors (Lipinski definition) is 4. The van der Waals surface area contributed by atoms with Gasteiger partial charge in [0.2, 0.25) is 0 Å². The molecule has 3 rings (SSSR count). The van der Waals surface area contributed by atoms with Crippen LogP contribution in [0.15, 0.2) is 64.9 Å². The molecule has 0 bridgehead atoms. The minimum absolute atomic E-state index is 0.0948. The molecule has 152 valence electrons. The van der Waals surface area contributed by atoms with Gasteiger partial charge in [-0.15, -0.1) is 11.3 Å². The van der Waals surface area contributed by atoms with Gasteiger partial charge in [0.1, 0.15) is 16.5 Å². The number of halogens is 2. The van der Waals surface area contributed by atoms with Crippen LogP contribution in [0.4, 0.5) is 14.5 Å². The molecule has 1 aromatic heterocycles. The molecule has 9 heteroatoms. The number of nitrogens with zero attached hydrogens (tertiary/aromatic N) is 1. The molecule has 0 aliphatic carbocycles. The number of hydrogen-bond donors (Lipinski definition) is 1. The molecule has 0 radical (unpaired) electrons. The van der Waals surface area contributed by atoms with Crippen LogP contribution in [0.2, 0.25) is 0 Å². The van der Waals surface area contributed by atoms with E-state index in [1.165, 1.54) is 12.1 Å². The van der Waals surface area contributed by atoms with Gasteiger partial charge in [0.15, 0.2) is 0 Å². The quantitative estimate of drug-likeness (QED) is 0.605. The number of carbonyl (C=O) groups is 1. The van der Waals surface area contributed by atoms with Crippen molar-refractivity contribution >= 4 is 33.0 Å². The second-order valence-corrected chi connectivity index (χ2v) is 8.86. The molecule has 0 spiro atoms. The fourth-order valence-corrected chi connectivity index (χ4v) is 5.21. The lowest BCUT2D eigenvalue weighted by atomic mass is 10.2. The second-order valence-electron chi connectivity index (χ2n) is 6.08. The Balaban J connectivity index is 1.84. The average Bonchev–Trinajstić information content (AvgIpc) is 3.16. The van der Waals surface area contributed by atoms with Gasteiger partial charge in [0.05, 0.1) is 10.6 Å². The molecule has 0 saturated carbocycles. The first-order valence-corrected chi connectivity index (χ1v) is 11.0. The molecule has 1 N–H and O–H groups in total. The molecule has 0 aliphatic heterocycles. The summed E-state index contributed by atoms with van der Waals surface area (Å²) in [6, 6.07) is 12.5. The Hall–Kier alpha value is -2.78. The third-order valence-electron chi connectivity index (χ3n) is 4.11. The maximum atomic E-state index is 13.3. The number of rotatable bonds is 7. The summed E-state index contributed by atoms with van der Waals surface area (Å²) in [7, 11) is -3.85. The third kappa shape index (κ3) is 4.63. The topological polar surface area (TPSA) is 66.5 Å². The number of nitrogens with one attached hydrogen (secondary N) is 1. The van der Waals surface area contributed by atoms with Crippen molar-refractivity contribution < 1.29 is 22.0 Å². The third-order valence-corrected chi connectivity index (χ3v) is 6.92. The van der Waals surface area contributed by atoms with E-state index in [0.29, 0.717) is 0 Å². The van der Waals surface area contributed by atoms with Crippen LogP contribution in [0.1, 0.15) is 22.2 Å². The first-order valence-electron chi connectivity index (χ1n) is 8.71. The van der Waals surface area contributed by atoms with Crippen LogP contribution in [0, 0.1) is 11.6 Å². The van der Waals surface area contributed by atoms with Crippen molar-refractivity contribution in [2.75, 3.05) is 10.8 Å². The summed E-state index contributed by atoms with van der Waals surface area (Å²) in [5.41, 5.74) is 0.516. The molecular weight excluding hydrogens is 418 g/mol. The van der Waals surface area contributed by atoms with Gasteiger partial charge < -0.3 is 5.32 Å². The van der Waals surface area contributed by atoms with Gasteiger partial charge in [-0.2, -0.15) is 0 Å². The molecule has 2 aromatic carbocycles. The van der Waals surface area contributed by atoms with Gasteiger partial charge in [-0.05, 0) is 48.2 Å². The molecule has 0 fully saturated rings. The molecule has 1 amide bonds. The highest BCUT2D eigenvalue weighted by molar-refractivity contribution is 7.92. The Bertz CT molecular complexity index is 1100. The van der Waals surface area contributed by atoms with E-state index >= 15 is 0 Å². The maximum absolute atomic E-state index is 13.3. The molecular formula is C20H18F2N2O3S2. The number of carbonyl (C=O) groups excluding carboxylic acids is 1. The van der Waals surface area contributed by atoms with Gasteiger partial charge >= 0.3 is 0 Å². The number of amides is 1. The lowest BCUT2D eigenvalue weighted by Crippen LogP contribution is -2.32. The minimum Gasteiger partial charge on any atom is -0.347 e. The lowest BCUT2D eigenvalue weighted by molar-refractivity contribution is 0.0955. The largest absolute Gasteiger partial charge is 0.347 e. The molecule has 0 aliphatic rings. The summed E-state index contributed by atoms with van der Waals surface area (Å²) in [6.45, 7) is 1.71. The van der Waals surface area contributed by atoms with Crippen LogP contribution in [-0.4, -0.2) is 20.9 Å². The van der Waals surface area contributed by atoms with E-state index in [4.69, 9.17) is 0 Å². The van der Waals surface area contributed by atoms with Gasteiger partial charge in [0, 0.05) is 19.2 Å². The summed E-state index contributed by atoms with van der Waals surface area (Å²) in [5, 5.41) is 4.20. The van der Waals surface area contributed by atoms with Gasteiger partial charge in [0.25, 0.3) is 15.9 Å². The molecule has 1 heterocycles. The van der Waals surface area contributed by atoms with Gasteiger partial charge in [-0.3, -0.25) is 9.10 Å². The Morgan fingerprint density at radius 2 is 1.72 bits per heavy atom. The van der Waals surface area contributed by atoms with E-state index < -0.39 is 27.6 Å². The van der Waals surface area contributed by atoms with Crippen molar-refractivity contribution in [1.29, 1.82) is 0 Å². The van der Waals surface area contributed by atoms with Crippen LogP contribution in [-0.2, 0) is 16.6 Å². The Morgan fingerprint density at radius 1 is 1.07 bits per heavy atom. The summed E-state index contributed by atoms with van der Waals surface area (Å²) < 4.78 is 53.8. The predicted octanol–water partition coefficient (Wildman–Crippen LogP) is 4.17. The zero-order valence-corrected chi connectivity index (χ0v) is 17.1. The highest BCUT2D eigenvalue weighted by Gasteiger charge is 2.28. The van der Waals surface area contributed by atoms with E-state index in [9.17, 15) is 22.0 Å². The lowest BCUT2D eigenvalue weighted by Gasteiger charge is -2.23. The Kier molecular flexibility index (Phi) is 6.29. The first kappa shape index (κ1) is 20.9. The zero-order valence-electron chi connectivity index (χ0n) is 15.4. The molecule has 0 atom stereocenters. The van der Waals surface area contributed by atoms with Crippen LogP contribution in [0.5, 0.6) is 0 Å². The number of benzene rings is 2. The van der Waals surface area contributed by atoms with Crippen molar-refractivity contribution in [2.24, 2.45) is 0 Å². The summed E-state index contributed by atoms with van der Waals surface area (Å²) >= 11 is 1.09. The second kappa shape index (κ2) is 8.71. The van der Waals surface area contributed by atoms with Crippen molar-refractivity contribution in [3.05, 3.63) is 82.1 Å². The van der Waals surface area contributed by atoms with E-state index in [-0.39, 0.29) is 34.1 Å².